The second kappa shape index (κ2) is 8.31. The molecular weight excluding hydrogens is 246 g/mol. The molecule has 1 fully saturated rings. The molecule has 2 rings (SSSR count). The Morgan fingerprint density at radius 3 is 2.60 bits per heavy atom. The van der Waals surface area contributed by atoms with Crippen molar-refractivity contribution in [1.82, 2.24) is 5.32 Å². The molecule has 0 amide bonds. The van der Waals surface area contributed by atoms with Crippen LogP contribution in [0.4, 0.5) is 0 Å². The summed E-state index contributed by atoms with van der Waals surface area (Å²) in [5.41, 5.74) is 1.26. The van der Waals surface area contributed by atoms with Gasteiger partial charge in [0.25, 0.3) is 0 Å². The lowest BCUT2D eigenvalue weighted by molar-refractivity contribution is 0.245. The molecule has 0 saturated heterocycles. The Hall–Kier alpha value is -1.02. The van der Waals surface area contributed by atoms with Crippen molar-refractivity contribution in [3.05, 3.63) is 29.8 Å². The van der Waals surface area contributed by atoms with Gasteiger partial charge in [0.05, 0.1) is 6.61 Å². The van der Waals surface area contributed by atoms with Crippen LogP contribution < -0.4 is 10.1 Å². The molecule has 0 radical (unpaired) electrons. The van der Waals surface area contributed by atoms with Gasteiger partial charge in [0.2, 0.25) is 0 Å². The van der Waals surface area contributed by atoms with Crippen LogP contribution in [0.1, 0.15) is 50.5 Å². The lowest BCUT2D eigenvalue weighted by atomic mass is 9.90. The number of hydrogen-bond donors (Lipinski definition) is 1. The molecule has 0 aliphatic heterocycles. The molecule has 1 aliphatic carbocycles. The van der Waals surface area contributed by atoms with E-state index in [9.17, 15) is 0 Å². The zero-order valence-corrected chi connectivity index (χ0v) is 13.0. The third-order valence-electron chi connectivity index (χ3n) is 4.53. The first kappa shape index (κ1) is 15.4. The summed E-state index contributed by atoms with van der Waals surface area (Å²) in [6.07, 6.45) is 9.53. The fourth-order valence-corrected chi connectivity index (χ4v) is 3.34. The monoisotopic (exact) mass is 275 g/mol. The fraction of sp³-hybridized carbons (Fsp3) is 0.667. The Labute approximate surface area is 123 Å². The van der Waals surface area contributed by atoms with Gasteiger partial charge in [0.1, 0.15) is 5.75 Å². The van der Waals surface area contributed by atoms with E-state index in [1.807, 2.05) is 6.07 Å². The van der Waals surface area contributed by atoms with E-state index in [1.54, 1.807) is 0 Å². The van der Waals surface area contributed by atoms with E-state index < -0.39 is 0 Å². The summed E-state index contributed by atoms with van der Waals surface area (Å²) in [5.74, 6) is 1.84. The van der Waals surface area contributed by atoms with Gasteiger partial charge in [-0.3, -0.25) is 0 Å². The molecule has 0 bridgehead atoms. The first-order chi connectivity index (χ1) is 9.79. The second-order valence-electron chi connectivity index (χ2n) is 6.10. The lowest BCUT2D eigenvalue weighted by Gasteiger charge is -2.25. The zero-order valence-electron chi connectivity index (χ0n) is 13.0. The number of hydrogen-bond acceptors (Lipinski definition) is 2. The van der Waals surface area contributed by atoms with Crippen molar-refractivity contribution in [2.45, 2.75) is 57.9 Å². The molecule has 1 aromatic carbocycles. The molecule has 20 heavy (non-hydrogen) atoms. The van der Waals surface area contributed by atoms with E-state index in [1.165, 1.54) is 44.1 Å². The fourth-order valence-electron chi connectivity index (χ4n) is 3.34. The largest absolute Gasteiger partial charge is 0.494 e. The number of nitrogens with one attached hydrogen (secondary N) is 1. The van der Waals surface area contributed by atoms with Gasteiger partial charge < -0.3 is 10.1 Å². The minimum atomic E-state index is 0.609. The topological polar surface area (TPSA) is 21.3 Å². The minimum absolute atomic E-state index is 0.609. The van der Waals surface area contributed by atoms with Crippen molar-refractivity contribution in [2.75, 3.05) is 13.7 Å². The number of ether oxygens (including phenoxy) is 1. The smallest absolute Gasteiger partial charge is 0.119 e. The summed E-state index contributed by atoms with van der Waals surface area (Å²) >= 11 is 0. The van der Waals surface area contributed by atoms with Crippen LogP contribution in [0, 0.1) is 12.8 Å². The van der Waals surface area contributed by atoms with Gasteiger partial charge in [-0.2, -0.15) is 0 Å². The molecule has 1 atom stereocenters. The Morgan fingerprint density at radius 1 is 1.20 bits per heavy atom. The molecule has 112 valence electrons. The predicted molar refractivity (Wildman–Crippen MR) is 85.3 cm³/mol. The van der Waals surface area contributed by atoms with Gasteiger partial charge in [-0.1, -0.05) is 37.8 Å². The van der Waals surface area contributed by atoms with Crippen molar-refractivity contribution < 1.29 is 4.74 Å². The average molecular weight is 275 g/mol. The molecule has 1 aromatic rings. The molecule has 0 spiro atoms. The van der Waals surface area contributed by atoms with Crippen LogP contribution >= 0.6 is 0 Å². The van der Waals surface area contributed by atoms with Crippen LogP contribution in [-0.4, -0.2) is 19.7 Å². The minimum Gasteiger partial charge on any atom is -0.494 e. The summed E-state index contributed by atoms with van der Waals surface area (Å²) in [4.78, 5) is 0. The third-order valence-corrected chi connectivity index (χ3v) is 4.53. The van der Waals surface area contributed by atoms with E-state index in [2.05, 4.69) is 37.5 Å². The molecule has 1 N–H and O–H groups in total. The van der Waals surface area contributed by atoms with Crippen molar-refractivity contribution >= 4 is 0 Å². The van der Waals surface area contributed by atoms with Crippen molar-refractivity contribution in [2.24, 2.45) is 5.92 Å². The third kappa shape index (κ3) is 4.82. The summed E-state index contributed by atoms with van der Waals surface area (Å²) < 4.78 is 5.90. The molecular formula is C18H29NO. The number of aryl methyl sites for hydroxylation is 1. The highest BCUT2D eigenvalue weighted by molar-refractivity contribution is 5.27. The summed E-state index contributed by atoms with van der Waals surface area (Å²) in [5, 5.41) is 3.52. The Bertz CT molecular complexity index is 383. The van der Waals surface area contributed by atoms with Crippen LogP contribution in [0.2, 0.25) is 0 Å². The van der Waals surface area contributed by atoms with E-state index in [0.29, 0.717) is 6.04 Å². The van der Waals surface area contributed by atoms with Crippen molar-refractivity contribution in [3.63, 3.8) is 0 Å². The first-order valence-corrected chi connectivity index (χ1v) is 8.16. The maximum atomic E-state index is 5.90. The van der Waals surface area contributed by atoms with E-state index >= 15 is 0 Å². The van der Waals surface area contributed by atoms with Crippen molar-refractivity contribution in [1.29, 1.82) is 0 Å². The summed E-state index contributed by atoms with van der Waals surface area (Å²) in [6.45, 7) is 2.92. The first-order valence-electron chi connectivity index (χ1n) is 8.16. The lowest BCUT2D eigenvalue weighted by Crippen LogP contribution is -2.34. The van der Waals surface area contributed by atoms with E-state index in [4.69, 9.17) is 4.74 Å². The molecule has 1 unspecified atom stereocenters. The summed E-state index contributed by atoms with van der Waals surface area (Å²) in [7, 11) is 2.10. The molecule has 1 saturated carbocycles. The van der Waals surface area contributed by atoms with E-state index in [0.717, 1.165) is 24.7 Å². The van der Waals surface area contributed by atoms with Crippen LogP contribution in [0.5, 0.6) is 5.75 Å². The van der Waals surface area contributed by atoms with Gasteiger partial charge in [-0.15, -0.1) is 0 Å². The van der Waals surface area contributed by atoms with Crippen LogP contribution in [0.25, 0.3) is 0 Å². The van der Waals surface area contributed by atoms with Gasteiger partial charge >= 0.3 is 0 Å². The van der Waals surface area contributed by atoms with Crippen LogP contribution in [0.15, 0.2) is 24.3 Å². The average Bonchev–Trinajstić information content (AvgIpc) is 2.73. The molecule has 1 aliphatic rings. The standard InChI is InChI=1S/C18H29NO/c1-15-8-7-11-17(14-15)20-13-12-18(19-2)16-9-5-3-4-6-10-16/h7-8,11,14,16,18-19H,3-6,9-10,12-13H2,1-2H3. The van der Waals surface area contributed by atoms with E-state index in [-0.39, 0.29) is 0 Å². The Kier molecular flexibility index (Phi) is 6.38. The second-order valence-corrected chi connectivity index (χ2v) is 6.10. The molecule has 2 nitrogen and oxygen atoms in total. The quantitative estimate of drug-likeness (QED) is 0.781. The number of benzene rings is 1. The normalized spacial score (nSPS) is 18.5. The maximum absolute atomic E-state index is 5.90. The summed E-state index contributed by atoms with van der Waals surface area (Å²) in [6, 6.07) is 8.94. The number of rotatable bonds is 6. The Morgan fingerprint density at radius 2 is 1.95 bits per heavy atom. The van der Waals surface area contributed by atoms with Gasteiger partial charge in [0.15, 0.2) is 0 Å². The highest BCUT2D eigenvalue weighted by Crippen LogP contribution is 2.27. The molecule has 2 heteroatoms. The predicted octanol–water partition coefficient (Wildman–Crippen LogP) is 4.32. The Balaban J connectivity index is 1.78. The van der Waals surface area contributed by atoms with Crippen molar-refractivity contribution in [3.8, 4) is 5.75 Å². The highest BCUT2D eigenvalue weighted by Gasteiger charge is 2.21. The zero-order chi connectivity index (χ0) is 14.2. The SMILES string of the molecule is CNC(CCOc1cccc(C)c1)C1CCCCCC1. The van der Waals surface area contributed by atoms with Gasteiger partial charge in [-0.25, -0.2) is 0 Å². The van der Waals surface area contributed by atoms with Gasteiger partial charge in [0, 0.05) is 6.04 Å². The molecule has 0 aromatic heterocycles. The highest BCUT2D eigenvalue weighted by atomic mass is 16.5. The van der Waals surface area contributed by atoms with Gasteiger partial charge in [-0.05, 0) is 56.8 Å². The van der Waals surface area contributed by atoms with Crippen LogP contribution in [-0.2, 0) is 0 Å². The maximum Gasteiger partial charge on any atom is 0.119 e. The molecule has 0 heterocycles. The van der Waals surface area contributed by atoms with Crippen LogP contribution in [0.3, 0.4) is 0 Å².